The van der Waals surface area contributed by atoms with Crippen LogP contribution in [0.4, 0.5) is 5.69 Å². The Kier molecular flexibility index (Phi) is 6.52. The zero-order valence-electron chi connectivity index (χ0n) is 16.0. The highest BCUT2D eigenvalue weighted by atomic mass is 32.2. The van der Waals surface area contributed by atoms with Crippen LogP contribution in [-0.4, -0.2) is 32.3 Å². The number of rotatable bonds is 6. The molecule has 1 fully saturated rings. The average molecular weight is 399 g/mol. The van der Waals surface area contributed by atoms with Crippen LogP contribution in [0.1, 0.15) is 48.0 Å². The molecule has 1 aliphatic carbocycles. The number of hydrogen-bond donors (Lipinski definition) is 1. The molecule has 3 rings (SSSR count). The summed E-state index contributed by atoms with van der Waals surface area (Å²) in [7, 11) is -1.77. The first-order chi connectivity index (χ1) is 13.4. The van der Waals surface area contributed by atoms with Crippen molar-refractivity contribution in [1.82, 2.24) is 4.90 Å². The van der Waals surface area contributed by atoms with Crippen molar-refractivity contribution in [3.05, 3.63) is 71.1 Å². The summed E-state index contributed by atoms with van der Waals surface area (Å²) in [5, 5.41) is 1.14. The summed E-state index contributed by atoms with van der Waals surface area (Å²) in [6, 6.07) is 16.1. The maximum absolute atomic E-state index is 12.7. The molecule has 1 amide bonds. The van der Waals surface area contributed by atoms with Gasteiger partial charge in [-0.3, -0.25) is 9.52 Å². The molecule has 2 aromatic carbocycles. The first kappa shape index (κ1) is 20.1. The van der Waals surface area contributed by atoms with E-state index in [1.807, 2.05) is 42.3 Å². The van der Waals surface area contributed by atoms with E-state index in [0.29, 0.717) is 17.3 Å². The van der Waals surface area contributed by atoms with Gasteiger partial charge in [-0.05, 0) is 48.7 Å². The van der Waals surface area contributed by atoms with E-state index in [-0.39, 0.29) is 5.91 Å². The van der Waals surface area contributed by atoms with Crippen molar-refractivity contribution in [2.45, 2.75) is 38.1 Å². The lowest BCUT2D eigenvalue weighted by Gasteiger charge is -2.31. The van der Waals surface area contributed by atoms with Gasteiger partial charge in [-0.2, -0.15) is 0 Å². The molecule has 0 unspecified atom stereocenters. The zero-order chi connectivity index (χ0) is 20.0. The van der Waals surface area contributed by atoms with Gasteiger partial charge in [0.15, 0.2) is 0 Å². The molecule has 2 aromatic rings. The van der Waals surface area contributed by atoms with E-state index in [4.69, 9.17) is 0 Å². The van der Waals surface area contributed by atoms with Crippen LogP contribution in [0.5, 0.6) is 0 Å². The van der Waals surface area contributed by atoms with Crippen molar-refractivity contribution in [3.63, 3.8) is 0 Å². The normalized spacial score (nSPS) is 15.5. The molecule has 5 nitrogen and oxygen atoms in total. The molecule has 0 bridgehead atoms. The predicted molar refractivity (Wildman–Crippen MR) is 113 cm³/mol. The Bertz CT molecular complexity index is 916. The summed E-state index contributed by atoms with van der Waals surface area (Å²) in [6.07, 6.45) is 7.21. The topological polar surface area (TPSA) is 66.5 Å². The quantitative estimate of drug-likeness (QED) is 0.779. The van der Waals surface area contributed by atoms with E-state index in [2.05, 4.69) is 4.72 Å². The highest BCUT2D eigenvalue weighted by Gasteiger charge is 2.22. The number of nitrogens with one attached hydrogen (secondary N) is 1. The van der Waals surface area contributed by atoms with Gasteiger partial charge in [0.1, 0.15) is 0 Å². The monoisotopic (exact) mass is 398 g/mol. The first-order valence-electron chi connectivity index (χ1n) is 9.58. The molecular formula is C22H26N2O3S. The molecule has 28 heavy (non-hydrogen) atoms. The predicted octanol–water partition coefficient (Wildman–Crippen LogP) is 4.50. The second-order valence-electron chi connectivity index (χ2n) is 7.15. The van der Waals surface area contributed by atoms with E-state index >= 15 is 0 Å². The summed E-state index contributed by atoms with van der Waals surface area (Å²) < 4.78 is 27.0. The minimum Gasteiger partial charge on any atom is -0.339 e. The molecule has 0 atom stereocenters. The van der Waals surface area contributed by atoms with Crippen LogP contribution in [0.15, 0.2) is 60.0 Å². The van der Waals surface area contributed by atoms with Crippen molar-refractivity contribution < 1.29 is 13.2 Å². The zero-order valence-corrected chi connectivity index (χ0v) is 16.9. The molecule has 6 heteroatoms. The van der Waals surface area contributed by atoms with Gasteiger partial charge in [-0.15, -0.1) is 0 Å². The average Bonchev–Trinajstić information content (AvgIpc) is 2.73. The Hall–Kier alpha value is -2.60. The highest BCUT2D eigenvalue weighted by Crippen LogP contribution is 2.23. The molecular weight excluding hydrogens is 372 g/mol. The molecule has 148 valence electrons. The fourth-order valence-corrected chi connectivity index (χ4v) is 4.32. The third-order valence-corrected chi connectivity index (χ3v) is 6.09. The van der Waals surface area contributed by atoms with Crippen molar-refractivity contribution in [2.24, 2.45) is 0 Å². The number of nitrogens with zero attached hydrogens (tertiary/aromatic N) is 1. The number of hydrogen-bond acceptors (Lipinski definition) is 3. The second kappa shape index (κ2) is 9.06. The largest absolute Gasteiger partial charge is 0.339 e. The smallest absolute Gasteiger partial charge is 0.255 e. The second-order valence-corrected chi connectivity index (χ2v) is 8.71. The summed E-state index contributed by atoms with van der Waals surface area (Å²) in [4.78, 5) is 14.5. The lowest BCUT2D eigenvalue weighted by molar-refractivity contribution is 0.0696. The van der Waals surface area contributed by atoms with Gasteiger partial charge in [0.25, 0.3) is 15.9 Å². The Labute approximate surface area is 167 Å². The number of sulfonamides is 1. The molecule has 1 N–H and O–H groups in total. The van der Waals surface area contributed by atoms with Gasteiger partial charge < -0.3 is 4.90 Å². The van der Waals surface area contributed by atoms with Gasteiger partial charge in [0, 0.05) is 24.3 Å². The van der Waals surface area contributed by atoms with E-state index < -0.39 is 10.0 Å². The third-order valence-electron chi connectivity index (χ3n) is 5.07. The van der Waals surface area contributed by atoms with E-state index in [0.717, 1.165) is 23.8 Å². The minimum atomic E-state index is -3.63. The molecule has 0 radical (unpaired) electrons. The van der Waals surface area contributed by atoms with Crippen LogP contribution >= 0.6 is 0 Å². The van der Waals surface area contributed by atoms with Crippen LogP contribution < -0.4 is 4.72 Å². The maximum atomic E-state index is 12.7. The van der Waals surface area contributed by atoms with E-state index in [1.54, 1.807) is 30.3 Å². The minimum absolute atomic E-state index is 0.0229. The summed E-state index contributed by atoms with van der Waals surface area (Å²) in [6.45, 7) is 0. The van der Waals surface area contributed by atoms with E-state index in [1.165, 1.54) is 19.3 Å². The summed E-state index contributed by atoms with van der Waals surface area (Å²) >= 11 is 0. The summed E-state index contributed by atoms with van der Waals surface area (Å²) in [5.41, 5.74) is 1.80. The standard InChI is InChI=1S/C22H26N2O3S/c1-24(21-10-6-3-7-11-21)22(25)19-12-14-20(15-13-19)23-28(26,27)17-16-18-8-4-2-5-9-18/h2,4-5,8-9,12-17,21,23H,3,6-7,10-11H2,1H3. The maximum Gasteiger partial charge on any atom is 0.255 e. The molecule has 0 aromatic heterocycles. The number of carbonyl (C=O) groups is 1. The molecule has 1 saturated carbocycles. The van der Waals surface area contributed by atoms with Gasteiger partial charge in [0.2, 0.25) is 0 Å². The van der Waals surface area contributed by atoms with Gasteiger partial charge in [-0.1, -0.05) is 49.6 Å². The van der Waals surface area contributed by atoms with Crippen LogP contribution in [-0.2, 0) is 10.0 Å². The number of amides is 1. The lowest BCUT2D eigenvalue weighted by Crippen LogP contribution is -2.38. The Morgan fingerprint density at radius 3 is 2.29 bits per heavy atom. The van der Waals surface area contributed by atoms with Crippen molar-refractivity contribution in [2.75, 3.05) is 11.8 Å². The number of anilines is 1. The van der Waals surface area contributed by atoms with Crippen molar-refractivity contribution in [1.29, 1.82) is 0 Å². The summed E-state index contributed by atoms with van der Waals surface area (Å²) in [5.74, 6) is -0.0229. The highest BCUT2D eigenvalue weighted by molar-refractivity contribution is 7.95. The van der Waals surface area contributed by atoms with Gasteiger partial charge >= 0.3 is 0 Å². The van der Waals surface area contributed by atoms with Gasteiger partial charge in [0.05, 0.1) is 5.41 Å². The third kappa shape index (κ3) is 5.45. The Morgan fingerprint density at radius 2 is 1.64 bits per heavy atom. The molecule has 0 aliphatic heterocycles. The molecule has 1 aliphatic rings. The fraction of sp³-hybridized carbons (Fsp3) is 0.318. The van der Waals surface area contributed by atoms with Crippen molar-refractivity contribution >= 4 is 27.7 Å². The lowest BCUT2D eigenvalue weighted by atomic mass is 9.94. The van der Waals surface area contributed by atoms with Gasteiger partial charge in [-0.25, -0.2) is 8.42 Å². The molecule has 0 spiro atoms. The molecule has 0 saturated heterocycles. The van der Waals surface area contributed by atoms with Crippen LogP contribution in [0.3, 0.4) is 0 Å². The molecule has 0 heterocycles. The number of benzene rings is 2. The van der Waals surface area contributed by atoms with Crippen molar-refractivity contribution in [3.8, 4) is 0 Å². The van der Waals surface area contributed by atoms with Crippen LogP contribution in [0.2, 0.25) is 0 Å². The Balaban J connectivity index is 1.63. The number of carbonyl (C=O) groups excluding carboxylic acids is 1. The van der Waals surface area contributed by atoms with Crippen LogP contribution in [0, 0.1) is 0 Å². The van der Waals surface area contributed by atoms with E-state index in [9.17, 15) is 13.2 Å². The van der Waals surface area contributed by atoms with Crippen LogP contribution in [0.25, 0.3) is 6.08 Å². The fourth-order valence-electron chi connectivity index (χ4n) is 3.45. The SMILES string of the molecule is CN(C(=O)c1ccc(NS(=O)(=O)C=Cc2ccccc2)cc1)C1CCCCC1. The first-order valence-corrected chi connectivity index (χ1v) is 11.1. The Morgan fingerprint density at radius 1 is 1.00 bits per heavy atom.